The maximum absolute atomic E-state index is 13.9. The molecule has 2 aliphatic carbocycles. The van der Waals surface area contributed by atoms with Gasteiger partial charge in [0.2, 0.25) is 0 Å². The number of hydrogen-bond acceptors (Lipinski definition) is 4. The highest BCUT2D eigenvalue weighted by molar-refractivity contribution is 5.92. The van der Waals surface area contributed by atoms with Gasteiger partial charge >= 0.3 is 0 Å². The Morgan fingerprint density at radius 3 is 2.59 bits per heavy atom. The Labute approximate surface area is 186 Å². The van der Waals surface area contributed by atoms with Crippen molar-refractivity contribution < 1.29 is 9.18 Å². The Hall–Kier alpha value is -3.33. The van der Waals surface area contributed by atoms with Gasteiger partial charge in [-0.2, -0.15) is 5.26 Å². The van der Waals surface area contributed by atoms with Crippen LogP contribution in [0.4, 0.5) is 4.39 Å². The van der Waals surface area contributed by atoms with Crippen LogP contribution < -0.4 is 5.32 Å². The van der Waals surface area contributed by atoms with E-state index in [1.165, 1.54) is 17.8 Å². The zero-order chi connectivity index (χ0) is 22.2. The highest BCUT2D eigenvalue weighted by Gasteiger charge is 2.44. The van der Waals surface area contributed by atoms with E-state index in [1.54, 1.807) is 24.3 Å². The fourth-order valence-electron chi connectivity index (χ4n) is 5.81. The van der Waals surface area contributed by atoms with Gasteiger partial charge in [-0.1, -0.05) is 0 Å². The van der Waals surface area contributed by atoms with Crippen LogP contribution in [0.5, 0.6) is 0 Å². The normalized spacial score (nSPS) is 25.3. The number of nitrogens with one attached hydrogen (secondary N) is 1. The van der Waals surface area contributed by atoms with Crippen LogP contribution in [0.15, 0.2) is 48.8 Å². The third-order valence-electron chi connectivity index (χ3n) is 7.42. The van der Waals surface area contributed by atoms with Gasteiger partial charge in [0.05, 0.1) is 11.1 Å². The van der Waals surface area contributed by atoms with Crippen molar-refractivity contribution in [3.05, 3.63) is 71.4 Å². The largest absolute Gasteiger partial charge is 0.348 e. The van der Waals surface area contributed by atoms with Crippen LogP contribution in [0, 0.1) is 34.9 Å². The number of fused-ring (bicyclic) bond motifs is 2. The van der Waals surface area contributed by atoms with Crippen molar-refractivity contribution in [1.82, 2.24) is 15.3 Å². The fraction of sp³-hybridized carbons (Fsp3) is 0.385. The number of rotatable bonds is 4. The summed E-state index contributed by atoms with van der Waals surface area (Å²) in [5, 5.41) is 12.9. The molecule has 0 saturated heterocycles. The number of hydrogen-bond donors (Lipinski definition) is 1. The highest BCUT2D eigenvalue weighted by Crippen LogP contribution is 2.53. The van der Waals surface area contributed by atoms with Crippen molar-refractivity contribution in [2.24, 2.45) is 17.8 Å². The molecule has 2 aromatic heterocycles. The average Bonchev–Trinajstić information content (AvgIpc) is 3.38. The van der Waals surface area contributed by atoms with Crippen molar-refractivity contribution in [1.29, 1.82) is 5.26 Å². The summed E-state index contributed by atoms with van der Waals surface area (Å²) in [5.41, 5.74) is 2.85. The molecule has 3 aromatic rings. The van der Waals surface area contributed by atoms with Crippen molar-refractivity contribution in [2.75, 3.05) is 0 Å². The molecule has 2 fully saturated rings. The van der Waals surface area contributed by atoms with Gasteiger partial charge in [0, 0.05) is 23.8 Å². The summed E-state index contributed by atoms with van der Waals surface area (Å²) in [6.07, 6.45) is 7.67. The van der Waals surface area contributed by atoms with Crippen LogP contribution in [0.1, 0.15) is 60.1 Å². The topological polar surface area (TPSA) is 78.7 Å². The lowest BCUT2D eigenvalue weighted by atomic mass is 9.88. The first kappa shape index (κ1) is 20.6. The first-order chi connectivity index (χ1) is 15.5. The van der Waals surface area contributed by atoms with Gasteiger partial charge < -0.3 is 5.32 Å². The Balaban J connectivity index is 1.23. The monoisotopic (exact) mass is 428 g/mol. The first-order valence-corrected chi connectivity index (χ1v) is 11.2. The van der Waals surface area contributed by atoms with Crippen molar-refractivity contribution in [2.45, 2.75) is 44.6 Å². The molecule has 1 amide bonds. The summed E-state index contributed by atoms with van der Waals surface area (Å²) in [4.78, 5) is 21.0. The molecule has 6 heteroatoms. The molecular formula is C26H25FN4O. The maximum atomic E-state index is 13.9. The molecule has 3 unspecified atom stereocenters. The number of nitrogens with zero attached hydrogens (tertiary/aromatic N) is 3. The predicted octanol–water partition coefficient (Wildman–Crippen LogP) is 4.98. The molecule has 0 aliphatic heterocycles. The lowest BCUT2D eigenvalue weighted by Crippen LogP contribution is -2.37. The summed E-state index contributed by atoms with van der Waals surface area (Å²) in [5.74, 6) is 1.74. The number of amides is 1. The Bertz CT molecular complexity index is 1190. The van der Waals surface area contributed by atoms with Crippen LogP contribution in [0.2, 0.25) is 0 Å². The van der Waals surface area contributed by atoms with Gasteiger partial charge in [-0.15, -0.1) is 0 Å². The third kappa shape index (κ3) is 3.84. The minimum absolute atomic E-state index is 0.0693. The predicted molar refractivity (Wildman–Crippen MR) is 119 cm³/mol. The lowest BCUT2D eigenvalue weighted by Gasteiger charge is -2.22. The summed E-state index contributed by atoms with van der Waals surface area (Å²) in [6.45, 7) is 2.07. The van der Waals surface area contributed by atoms with Gasteiger partial charge in [-0.05, 0) is 98.2 Å². The zero-order valence-corrected chi connectivity index (χ0v) is 18.0. The van der Waals surface area contributed by atoms with Crippen LogP contribution >= 0.6 is 0 Å². The van der Waals surface area contributed by atoms with E-state index in [2.05, 4.69) is 28.3 Å². The molecule has 1 N–H and O–H groups in total. The fourth-order valence-corrected chi connectivity index (χ4v) is 5.81. The SMILES string of the molecule is CC(NC(=O)c1ccc(C#N)cn1)C1C[C@H]2CC(c3ccnc4ccc(F)cc34)C[C@H]2C1. The number of carbonyl (C=O) groups is 1. The van der Waals surface area contributed by atoms with Crippen molar-refractivity contribution >= 4 is 16.8 Å². The second-order valence-electron chi connectivity index (χ2n) is 9.29. The molecule has 1 aromatic carbocycles. The maximum Gasteiger partial charge on any atom is 0.270 e. The number of aromatic nitrogens is 2. The number of nitriles is 1. The molecule has 0 radical (unpaired) electrons. The lowest BCUT2D eigenvalue weighted by molar-refractivity contribution is 0.0920. The molecule has 5 nitrogen and oxygen atoms in total. The van der Waals surface area contributed by atoms with E-state index in [-0.39, 0.29) is 17.8 Å². The molecule has 32 heavy (non-hydrogen) atoms. The van der Waals surface area contributed by atoms with E-state index in [0.717, 1.165) is 36.6 Å². The van der Waals surface area contributed by atoms with Gasteiger partial charge in [-0.3, -0.25) is 9.78 Å². The molecule has 0 spiro atoms. The second-order valence-corrected chi connectivity index (χ2v) is 9.29. The summed E-state index contributed by atoms with van der Waals surface area (Å²) < 4.78 is 13.9. The quantitative estimate of drug-likeness (QED) is 0.636. The molecule has 0 bridgehead atoms. The van der Waals surface area contributed by atoms with Crippen molar-refractivity contribution in [3.63, 3.8) is 0 Å². The van der Waals surface area contributed by atoms with E-state index in [1.807, 2.05) is 12.3 Å². The summed E-state index contributed by atoms with van der Waals surface area (Å²) in [7, 11) is 0. The smallest absolute Gasteiger partial charge is 0.270 e. The van der Waals surface area contributed by atoms with E-state index < -0.39 is 0 Å². The van der Waals surface area contributed by atoms with Gasteiger partial charge in [0.1, 0.15) is 17.6 Å². The molecular weight excluding hydrogens is 403 g/mol. The molecule has 5 atom stereocenters. The van der Waals surface area contributed by atoms with E-state index >= 15 is 0 Å². The Morgan fingerprint density at radius 2 is 1.91 bits per heavy atom. The minimum atomic E-state index is -0.216. The summed E-state index contributed by atoms with van der Waals surface area (Å²) >= 11 is 0. The minimum Gasteiger partial charge on any atom is -0.348 e. The van der Waals surface area contributed by atoms with Gasteiger partial charge in [0.15, 0.2) is 0 Å². The van der Waals surface area contributed by atoms with Gasteiger partial charge in [0.25, 0.3) is 5.91 Å². The number of carbonyl (C=O) groups excluding carboxylic acids is 1. The molecule has 162 valence electrons. The van der Waals surface area contributed by atoms with Crippen LogP contribution in [0.3, 0.4) is 0 Å². The van der Waals surface area contributed by atoms with E-state index in [9.17, 15) is 9.18 Å². The third-order valence-corrected chi connectivity index (χ3v) is 7.42. The Morgan fingerprint density at radius 1 is 1.12 bits per heavy atom. The number of pyridine rings is 2. The Kier molecular flexibility index (Phi) is 5.34. The summed E-state index contributed by atoms with van der Waals surface area (Å²) in [6, 6.07) is 12.2. The van der Waals surface area contributed by atoms with E-state index in [0.29, 0.717) is 34.9 Å². The van der Waals surface area contributed by atoms with Crippen LogP contribution in [-0.2, 0) is 0 Å². The molecule has 2 saturated carbocycles. The number of halogens is 1. The molecule has 2 heterocycles. The van der Waals surface area contributed by atoms with Crippen LogP contribution in [0.25, 0.3) is 10.9 Å². The molecule has 5 rings (SSSR count). The van der Waals surface area contributed by atoms with Crippen LogP contribution in [-0.4, -0.2) is 21.9 Å². The zero-order valence-electron chi connectivity index (χ0n) is 18.0. The highest BCUT2D eigenvalue weighted by atomic mass is 19.1. The standard InChI is InChI=1S/C26H25FN4O/c1-15(31-26(32)25-4-2-16(13-28)14-30-25)17-8-18-10-20(11-19(18)9-17)22-6-7-29-24-5-3-21(27)12-23(22)24/h2-7,12,14-15,17-20H,8-11H2,1H3,(H,31,32)/t15?,17?,18-,19+,20?. The number of benzene rings is 1. The van der Waals surface area contributed by atoms with Crippen molar-refractivity contribution in [3.8, 4) is 6.07 Å². The first-order valence-electron chi connectivity index (χ1n) is 11.2. The second kappa shape index (κ2) is 8.31. The molecule has 2 aliphatic rings. The van der Waals surface area contributed by atoms with E-state index in [4.69, 9.17) is 5.26 Å². The van der Waals surface area contributed by atoms with Gasteiger partial charge in [-0.25, -0.2) is 9.37 Å². The average molecular weight is 429 g/mol.